The first kappa shape index (κ1) is 17.2. The number of rotatable bonds is 6. The second-order valence-electron chi connectivity index (χ2n) is 5.75. The third kappa shape index (κ3) is 4.25. The van der Waals surface area contributed by atoms with Crippen molar-refractivity contribution in [2.75, 3.05) is 14.2 Å². The Hall–Kier alpha value is -2.66. The molecule has 0 aliphatic carbocycles. The Morgan fingerprint density at radius 3 is 2.60 bits per heavy atom. The topological polar surface area (TPSA) is 42.4 Å². The second kappa shape index (κ2) is 7.94. The monoisotopic (exact) mass is 352 g/mol. The maximum absolute atomic E-state index is 12.5. The van der Waals surface area contributed by atoms with Crippen molar-refractivity contribution in [3.8, 4) is 16.3 Å². The van der Waals surface area contributed by atoms with E-state index in [0.29, 0.717) is 13.0 Å². The molecule has 1 amide bonds. The predicted octanol–water partition coefficient (Wildman–Crippen LogP) is 4.02. The number of para-hydroxylation sites is 1. The molecule has 5 heteroatoms. The van der Waals surface area contributed by atoms with E-state index in [-0.39, 0.29) is 5.91 Å². The Balaban J connectivity index is 1.65. The van der Waals surface area contributed by atoms with Crippen LogP contribution in [0.25, 0.3) is 10.6 Å². The first-order valence-corrected chi connectivity index (χ1v) is 8.91. The number of nitrogens with zero attached hydrogens (tertiary/aromatic N) is 2. The summed E-state index contributed by atoms with van der Waals surface area (Å²) in [6.45, 7) is 0.512. The van der Waals surface area contributed by atoms with Gasteiger partial charge in [-0.05, 0) is 6.07 Å². The molecule has 0 saturated heterocycles. The number of aromatic nitrogens is 1. The standard InChI is InChI=1S/C20H20N2O2S/c1-22(13-16-10-6-7-11-18(16)24-2)19(23)12-17-14-25-20(21-17)15-8-4-3-5-9-15/h3-11,14H,12-13H2,1-2H3. The molecule has 0 aliphatic rings. The third-order valence-corrected chi connectivity index (χ3v) is 4.87. The fourth-order valence-electron chi connectivity index (χ4n) is 2.57. The molecule has 0 saturated carbocycles. The van der Waals surface area contributed by atoms with Gasteiger partial charge in [0.05, 0.1) is 19.2 Å². The van der Waals surface area contributed by atoms with E-state index < -0.39 is 0 Å². The van der Waals surface area contributed by atoms with E-state index in [4.69, 9.17) is 4.74 Å². The molecule has 1 aromatic heterocycles. The Labute approximate surface area is 151 Å². The van der Waals surface area contributed by atoms with Crippen LogP contribution >= 0.6 is 11.3 Å². The lowest BCUT2D eigenvalue weighted by Gasteiger charge is -2.18. The summed E-state index contributed by atoms with van der Waals surface area (Å²) < 4.78 is 5.35. The number of hydrogen-bond donors (Lipinski definition) is 0. The number of likely N-dealkylation sites (N-methyl/N-ethyl adjacent to an activating group) is 1. The Kier molecular flexibility index (Phi) is 5.46. The van der Waals surface area contributed by atoms with Gasteiger partial charge in [0.1, 0.15) is 10.8 Å². The average Bonchev–Trinajstić information content (AvgIpc) is 3.11. The van der Waals surface area contributed by atoms with Crippen LogP contribution in [0.4, 0.5) is 0 Å². The molecule has 128 valence electrons. The van der Waals surface area contributed by atoms with Crippen molar-refractivity contribution in [3.05, 3.63) is 71.2 Å². The smallest absolute Gasteiger partial charge is 0.228 e. The van der Waals surface area contributed by atoms with Gasteiger partial charge in [0.15, 0.2) is 0 Å². The van der Waals surface area contributed by atoms with E-state index >= 15 is 0 Å². The molecule has 0 spiro atoms. The summed E-state index contributed by atoms with van der Waals surface area (Å²) in [7, 11) is 3.44. The van der Waals surface area contributed by atoms with Crippen LogP contribution < -0.4 is 4.74 Å². The number of carbonyl (C=O) groups is 1. The molecule has 0 unspecified atom stereocenters. The van der Waals surface area contributed by atoms with Gasteiger partial charge in [0.25, 0.3) is 0 Å². The first-order valence-electron chi connectivity index (χ1n) is 8.03. The minimum atomic E-state index is 0.0378. The second-order valence-corrected chi connectivity index (χ2v) is 6.61. The third-order valence-electron chi connectivity index (χ3n) is 3.93. The van der Waals surface area contributed by atoms with Crippen LogP contribution in [-0.2, 0) is 17.8 Å². The van der Waals surface area contributed by atoms with Crippen LogP contribution in [0.3, 0.4) is 0 Å². The zero-order valence-electron chi connectivity index (χ0n) is 14.3. The highest BCUT2D eigenvalue weighted by atomic mass is 32.1. The lowest BCUT2D eigenvalue weighted by atomic mass is 10.2. The van der Waals surface area contributed by atoms with E-state index in [2.05, 4.69) is 4.98 Å². The van der Waals surface area contributed by atoms with Gasteiger partial charge in [-0.25, -0.2) is 4.98 Å². The van der Waals surface area contributed by atoms with E-state index in [9.17, 15) is 4.79 Å². The molecule has 4 nitrogen and oxygen atoms in total. The lowest BCUT2D eigenvalue weighted by Crippen LogP contribution is -2.28. The molecule has 0 fully saturated rings. The van der Waals surface area contributed by atoms with Gasteiger partial charge in [0.2, 0.25) is 5.91 Å². The zero-order valence-corrected chi connectivity index (χ0v) is 15.1. The van der Waals surface area contributed by atoms with E-state index in [0.717, 1.165) is 27.6 Å². The van der Waals surface area contributed by atoms with Crippen LogP contribution in [-0.4, -0.2) is 29.9 Å². The molecule has 25 heavy (non-hydrogen) atoms. The van der Waals surface area contributed by atoms with Gasteiger partial charge in [-0.3, -0.25) is 4.79 Å². The van der Waals surface area contributed by atoms with Gasteiger partial charge in [0, 0.05) is 30.1 Å². The van der Waals surface area contributed by atoms with Gasteiger partial charge < -0.3 is 9.64 Å². The largest absolute Gasteiger partial charge is 0.496 e. The number of carbonyl (C=O) groups excluding carboxylic acids is 1. The molecule has 2 aromatic carbocycles. The van der Waals surface area contributed by atoms with Crippen LogP contribution in [0.1, 0.15) is 11.3 Å². The van der Waals surface area contributed by atoms with Crippen molar-refractivity contribution in [2.24, 2.45) is 0 Å². The van der Waals surface area contributed by atoms with Crippen LogP contribution in [0.5, 0.6) is 5.75 Å². The quantitative estimate of drug-likeness (QED) is 0.673. The number of methoxy groups -OCH3 is 1. The Morgan fingerprint density at radius 2 is 1.84 bits per heavy atom. The summed E-state index contributed by atoms with van der Waals surface area (Å²) in [6.07, 6.45) is 0.301. The highest BCUT2D eigenvalue weighted by molar-refractivity contribution is 7.13. The number of thiazole rings is 1. The summed E-state index contributed by atoms with van der Waals surface area (Å²) in [6, 6.07) is 17.8. The first-order chi connectivity index (χ1) is 12.2. The molecule has 0 bridgehead atoms. The highest BCUT2D eigenvalue weighted by Crippen LogP contribution is 2.24. The maximum atomic E-state index is 12.5. The zero-order chi connectivity index (χ0) is 17.6. The summed E-state index contributed by atoms with van der Waals surface area (Å²) in [5, 5.41) is 2.90. The minimum Gasteiger partial charge on any atom is -0.496 e. The fraction of sp³-hybridized carbons (Fsp3) is 0.200. The van der Waals surface area contributed by atoms with Gasteiger partial charge in [-0.2, -0.15) is 0 Å². The van der Waals surface area contributed by atoms with E-state index in [1.807, 2.05) is 60.0 Å². The molecular formula is C20H20N2O2S. The van der Waals surface area contributed by atoms with Crippen molar-refractivity contribution in [1.82, 2.24) is 9.88 Å². The molecule has 3 aromatic rings. The average molecular weight is 352 g/mol. The van der Waals surface area contributed by atoms with Gasteiger partial charge >= 0.3 is 0 Å². The molecule has 0 aliphatic heterocycles. The normalized spacial score (nSPS) is 10.5. The van der Waals surface area contributed by atoms with Crippen molar-refractivity contribution < 1.29 is 9.53 Å². The Bertz CT molecular complexity index is 846. The summed E-state index contributed by atoms with van der Waals surface area (Å²) in [5.74, 6) is 0.831. The molecule has 3 rings (SSSR count). The molecule has 1 heterocycles. The summed E-state index contributed by atoms with van der Waals surface area (Å²) in [5.41, 5.74) is 2.87. The van der Waals surface area contributed by atoms with Gasteiger partial charge in [-0.15, -0.1) is 11.3 Å². The summed E-state index contributed by atoms with van der Waals surface area (Å²) >= 11 is 1.56. The number of hydrogen-bond acceptors (Lipinski definition) is 4. The van der Waals surface area contributed by atoms with E-state index in [1.165, 1.54) is 0 Å². The maximum Gasteiger partial charge on any atom is 0.228 e. The van der Waals surface area contributed by atoms with Crippen LogP contribution in [0.15, 0.2) is 60.0 Å². The molecule has 0 N–H and O–H groups in total. The molecular weight excluding hydrogens is 332 g/mol. The molecule has 0 radical (unpaired) electrons. The summed E-state index contributed by atoms with van der Waals surface area (Å²) in [4.78, 5) is 18.8. The number of ether oxygens (including phenoxy) is 1. The van der Waals surface area contributed by atoms with Crippen molar-refractivity contribution in [2.45, 2.75) is 13.0 Å². The number of amides is 1. The van der Waals surface area contributed by atoms with Crippen molar-refractivity contribution >= 4 is 17.2 Å². The minimum absolute atomic E-state index is 0.0378. The van der Waals surface area contributed by atoms with E-state index in [1.54, 1.807) is 30.4 Å². The molecule has 0 atom stereocenters. The van der Waals surface area contributed by atoms with Crippen LogP contribution in [0, 0.1) is 0 Å². The lowest BCUT2D eigenvalue weighted by molar-refractivity contribution is -0.129. The highest BCUT2D eigenvalue weighted by Gasteiger charge is 2.14. The fourth-order valence-corrected chi connectivity index (χ4v) is 3.39. The van der Waals surface area contributed by atoms with Crippen LogP contribution in [0.2, 0.25) is 0 Å². The van der Waals surface area contributed by atoms with Gasteiger partial charge in [-0.1, -0.05) is 48.5 Å². The Morgan fingerprint density at radius 1 is 1.12 bits per heavy atom. The van der Waals surface area contributed by atoms with Crippen molar-refractivity contribution in [1.29, 1.82) is 0 Å². The van der Waals surface area contributed by atoms with Crippen molar-refractivity contribution in [3.63, 3.8) is 0 Å². The number of benzene rings is 2. The predicted molar refractivity (Wildman–Crippen MR) is 101 cm³/mol. The SMILES string of the molecule is COc1ccccc1CN(C)C(=O)Cc1csc(-c2ccccc2)n1.